The second-order valence-electron chi connectivity index (χ2n) is 7.33. The van der Waals surface area contributed by atoms with Crippen LogP contribution in [0, 0.1) is 0 Å². The predicted molar refractivity (Wildman–Crippen MR) is 134 cm³/mol. The quantitative estimate of drug-likeness (QED) is 0.358. The third-order valence-corrected chi connectivity index (χ3v) is 6.59. The van der Waals surface area contributed by atoms with E-state index in [1.165, 1.54) is 4.90 Å². The van der Waals surface area contributed by atoms with Gasteiger partial charge in [0.2, 0.25) is 5.91 Å². The molecule has 0 saturated heterocycles. The lowest BCUT2D eigenvalue weighted by Crippen LogP contribution is -2.51. The Bertz CT molecular complexity index is 938. The number of hydrogen-bond acceptors (Lipinski definition) is 3. The van der Waals surface area contributed by atoms with E-state index in [0.29, 0.717) is 37.3 Å². The standard InChI is InChI=1S/C23H26BrCl3N2O3/c1-4-14(3)28-23(31)20(5-2)29(12-16-18(26)7-6-8-19(16)27)22(30)13-32-21-10-9-15(25)11-17(21)24/h6-11,14,20H,4-5,12-13H2,1-3H3,(H,28,31)/t14-,20-/m1/s1. The van der Waals surface area contributed by atoms with Gasteiger partial charge in [-0.25, -0.2) is 0 Å². The maximum absolute atomic E-state index is 13.3. The highest BCUT2D eigenvalue weighted by molar-refractivity contribution is 9.10. The Hall–Kier alpha value is -1.47. The van der Waals surface area contributed by atoms with Gasteiger partial charge in [-0.05, 0) is 66.0 Å². The lowest BCUT2D eigenvalue weighted by atomic mass is 10.1. The molecule has 9 heteroatoms. The van der Waals surface area contributed by atoms with Crippen LogP contribution in [0.2, 0.25) is 15.1 Å². The fourth-order valence-corrected chi connectivity index (χ4v) is 4.34. The van der Waals surface area contributed by atoms with E-state index < -0.39 is 6.04 Å². The molecule has 2 atom stereocenters. The molecular formula is C23H26BrCl3N2O3. The number of ether oxygens (including phenoxy) is 1. The van der Waals surface area contributed by atoms with E-state index in [1.54, 1.807) is 36.4 Å². The summed E-state index contributed by atoms with van der Waals surface area (Å²) in [5, 5.41) is 4.35. The molecule has 32 heavy (non-hydrogen) atoms. The van der Waals surface area contributed by atoms with Crippen molar-refractivity contribution < 1.29 is 14.3 Å². The van der Waals surface area contributed by atoms with Gasteiger partial charge in [-0.2, -0.15) is 0 Å². The maximum atomic E-state index is 13.3. The van der Waals surface area contributed by atoms with Crippen molar-refractivity contribution in [1.29, 1.82) is 0 Å². The van der Waals surface area contributed by atoms with Crippen molar-refractivity contribution >= 4 is 62.5 Å². The molecule has 0 unspecified atom stereocenters. The van der Waals surface area contributed by atoms with Gasteiger partial charge in [0.1, 0.15) is 11.8 Å². The van der Waals surface area contributed by atoms with E-state index in [4.69, 9.17) is 39.5 Å². The van der Waals surface area contributed by atoms with Crippen LogP contribution in [-0.2, 0) is 16.1 Å². The van der Waals surface area contributed by atoms with Crippen LogP contribution in [0.25, 0.3) is 0 Å². The average molecular weight is 565 g/mol. The summed E-state index contributed by atoms with van der Waals surface area (Å²) in [6, 6.07) is 9.43. The smallest absolute Gasteiger partial charge is 0.261 e. The fourth-order valence-electron chi connectivity index (χ4n) is 3.03. The van der Waals surface area contributed by atoms with Crippen LogP contribution in [0.1, 0.15) is 39.2 Å². The Morgan fingerprint density at radius 3 is 2.31 bits per heavy atom. The summed E-state index contributed by atoms with van der Waals surface area (Å²) in [7, 11) is 0. The molecule has 0 heterocycles. The molecule has 0 bridgehead atoms. The molecule has 0 fully saturated rings. The average Bonchev–Trinajstić information content (AvgIpc) is 2.74. The van der Waals surface area contributed by atoms with Gasteiger partial charge in [-0.3, -0.25) is 9.59 Å². The Balaban J connectivity index is 2.30. The molecule has 0 aromatic heterocycles. The topological polar surface area (TPSA) is 58.6 Å². The Morgan fingerprint density at radius 2 is 1.75 bits per heavy atom. The number of carbonyl (C=O) groups excluding carboxylic acids is 2. The van der Waals surface area contributed by atoms with Crippen LogP contribution in [0.3, 0.4) is 0 Å². The highest BCUT2D eigenvalue weighted by atomic mass is 79.9. The maximum Gasteiger partial charge on any atom is 0.261 e. The first kappa shape index (κ1) is 26.8. The lowest BCUT2D eigenvalue weighted by Gasteiger charge is -2.32. The van der Waals surface area contributed by atoms with Gasteiger partial charge in [0, 0.05) is 33.2 Å². The van der Waals surface area contributed by atoms with Crippen molar-refractivity contribution in [3.63, 3.8) is 0 Å². The molecule has 0 aliphatic carbocycles. The highest BCUT2D eigenvalue weighted by Crippen LogP contribution is 2.29. The van der Waals surface area contributed by atoms with Crippen LogP contribution in [0.4, 0.5) is 0 Å². The van der Waals surface area contributed by atoms with E-state index in [0.717, 1.165) is 6.42 Å². The molecule has 1 N–H and O–H groups in total. The van der Waals surface area contributed by atoms with Crippen LogP contribution in [0.5, 0.6) is 5.75 Å². The second-order valence-corrected chi connectivity index (χ2v) is 9.43. The summed E-state index contributed by atoms with van der Waals surface area (Å²) in [6.07, 6.45) is 1.20. The van der Waals surface area contributed by atoms with Crippen molar-refractivity contribution in [3.05, 3.63) is 61.5 Å². The van der Waals surface area contributed by atoms with Crippen LogP contribution in [-0.4, -0.2) is 35.4 Å². The fraction of sp³-hybridized carbons (Fsp3) is 0.391. The summed E-state index contributed by atoms with van der Waals surface area (Å²) in [5.74, 6) is -0.129. The first-order valence-corrected chi connectivity index (χ1v) is 12.2. The van der Waals surface area contributed by atoms with Gasteiger partial charge in [-0.15, -0.1) is 0 Å². The van der Waals surface area contributed by atoms with Gasteiger partial charge < -0.3 is 15.0 Å². The van der Waals surface area contributed by atoms with Crippen molar-refractivity contribution in [1.82, 2.24) is 10.2 Å². The molecule has 0 spiro atoms. The number of halogens is 4. The summed E-state index contributed by atoms with van der Waals surface area (Å²) in [5.41, 5.74) is 0.576. The van der Waals surface area contributed by atoms with Crippen LogP contribution < -0.4 is 10.1 Å². The number of hydrogen-bond donors (Lipinski definition) is 1. The normalized spacial score (nSPS) is 12.7. The zero-order valence-corrected chi connectivity index (χ0v) is 22.0. The minimum atomic E-state index is -0.707. The summed E-state index contributed by atoms with van der Waals surface area (Å²) in [6.45, 7) is 5.56. The van der Waals surface area contributed by atoms with E-state index in [9.17, 15) is 9.59 Å². The Labute approximate surface area is 212 Å². The summed E-state index contributed by atoms with van der Waals surface area (Å²) >= 11 is 22.0. The van der Waals surface area contributed by atoms with Gasteiger partial charge in [0.05, 0.1) is 4.47 Å². The van der Waals surface area contributed by atoms with E-state index >= 15 is 0 Å². The summed E-state index contributed by atoms with van der Waals surface area (Å²) in [4.78, 5) is 27.7. The largest absolute Gasteiger partial charge is 0.483 e. The van der Waals surface area contributed by atoms with Gasteiger partial charge >= 0.3 is 0 Å². The third-order valence-electron chi connectivity index (χ3n) is 5.02. The van der Waals surface area contributed by atoms with E-state index in [1.807, 2.05) is 20.8 Å². The van der Waals surface area contributed by atoms with Gasteiger partial charge in [0.25, 0.3) is 5.91 Å². The zero-order valence-electron chi connectivity index (χ0n) is 18.1. The van der Waals surface area contributed by atoms with Crippen molar-refractivity contribution in [2.24, 2.45) is 0 Å². The van der Waals surface area contributed by atoms with Crippen LogP contribution in [0.15, 0.2) is 40.9 Å². The monoisotopic (exact) mass is 562 g/mol. The number of benzene rings is 2. The molecular weight excluding hydrogens is 539 g/mol. The van der Waals surface area contributed by atoms with E-state index in [2.05, 4.69) is 21.2 Å². The molecule has 2 aromatic carbocycles. The number of nitrogens with zero attached hydrogens (tertiary/aromatic N) is 1. The predicted octanol–water partition coefficient (Wildman–Crippen LogP) is 6.51. The van der Waals surface area contributed by atoms with Crippen LogP contribution >= 0.6 is 50.7 Å². The Kier molecular flexibility index (Phi) is 10.6. The van der Waals surface area contributed by atoms with E-state index in [-0.39, 0.29) is 31.0 Å². The number of nitrogens with one attached hydrogen (secondary N) is 1. The first-order valence-electron chi connectivity index (χ1n) is 10.3. The molecule has 0 saturated carbocycles. The highest BCUT2D eigenvalue weighted by Gasteiger charge is 2.30. The van der Waals surface area contributed by atoms with Crippen molar-refractivity contribution in [3.8, 4) is 5.75 Å². The van der Waals surface area contributed by atoms with Gasteiger partial charge in [0.15, 0.2) is 6.61 Å². The molecule has 0 aliphatic rings. The van der Waals surface area contributed by atoms with Gasteiger partial charge in [-0.1, -0.05) is 54.7 Å². The zero-order chi connectivity index (χ0) is 23.8. The molecule has 2 rings (SSSR count). The van der Waals surface area contributed by atoms with Crippen molar-refractivity contribution in [2.75, 3.05) is 6.61 Å². The third kappa shape index (κ3) is 7.27. The Morgan fingerprint density at radius 1 is 1.09 bits per heavy atom. The second kappa shape index (κ2) is 12.7. The first-order chi connectivity index (χ1) is 15.2. The SMILES string of the molecule is CC[C@@H](C)NC(=O)[C@@H](CC)N(Cc1c(Cl)cccc1Cl)C(=O)COc1ccc(Cl)cc1Br. The molecule has 0 aliphatic heterocycles. The minimum absolute atomic E-state index is 0.0151. The minimum Gasteiger partial charge on any atom is -0.483 e. The molecule has 2 amide bonds. The molecule has 5 nitrogen and oxygen atoms in total. The molecule has 2 aromatic rings. The van der Waals surface area contributed by atoms with Crippen molar-refractivity contribution in [2.45, 2.75) is 52.2 Å². The number of rotatable bonds is 10. The lowest BCUT2D eigenvalue weighted by molar-refractivity contribution is -0.143. The molecule has 0 radical (unpaired) electrons. The molecule has 174 valence electrons. The number of amides is 2. The number of carbonyl (C=O) groups is 2. The summed E-state index contributed by atoms with van der Waals surface area (Å²) < 4.78 is 6.34.